The molecule has 16 heavy (non-hydrogen) atoms. The van der Waals surface area contributed by atoms with Gasteiger partial charge in [0.15, 0.2) is 0 Å². The number of aromatic nitrogens is 1. The van der Waals surface area contributed by atoms with Crippen LogP contribution in [0.5, 0.6) is 11.6 Å². The van der Waals surface area contributed by atoms with Crippen molar-refractivity contribution in [2.24, 2.45) is 4.99 Å². The molecule has 0 saturated carbocycles. The molecule has 0 spiro atoms. The number of ether oxygens (including phenoxy) is 1. The van der Waals surface area contributed by atoms with Crippen molar-refractivity contribution >= 4 is 12.0 Å². The molecule has 82 valence electrons. The zero-order valence-electron chi connectivity index (χ0n) is 8.75. The summed E-state index contributed by atoms with van der Waals surface area (Å²) in [4.78, 5) is 3.82. The number of nitrogens with one attached hydrogen (secondary N) is 1. The lowest BCUT2D eigenvalue weighted by Gasteiger charge is -2.03. The van der Waals surface area contributed by atoms with E-state index in [-0.39, 0.29) is 0 Å². The van der Waals surface area contributed by atoms with Crippen molar-refractivity contribution in [2.75, 3.05) is 12.4 Å². The van der Waals surface area contributed by atoms with Crippen LogP contribution in [-0.2, 0) is 0 Å². The number of aliphatic imine (C=N–C) groups is 1. The van der Waals surface area contributed by atoms with Crippen LogP contribution in [0.4, 0.5) is 5.69 Å². The van der Waals surface area contributed by atoms with Gasteiger partial charge >= 0.3 is 0 Å². The second-order valence-electron chi connectivity index (χ2n) is 3.00. The van der Waals surface area contributed by atoms with Crippen LogP contribution < -0.4 is 10.1 Å². The van der Waals surface area contributed by atoms with Gasteiger partial charge in [0.1, 0.15) is 12.0 Å². The Morgan fingerprint density at radius 3 is 2.75 bits per heavy atom. The number of hydrogen-bond acceptors (Lipinski definition) is 4. The van der Waals surface area contributed by atoms with Gasteiger partial charge in [-0.15, -0.1) is 0 Å². The third-order valence-electron chi connectivity index (χ3n) is 1.85. The third kappa shape index (κ3) is 2.60. The fourth-order valence-electron chi connectivity index (χ4n) is 1.13. The van der Waals surface area contributed by atoms with E-state index in [1.807, 2.05) is 24.3 Å². The highest BCUT2D eigenvalue weighted by Gasteiger charge is 1.99. The Bertz CT molecular complexity index is 449. The van der Waals surface area contributed by atoms with Crippen molar-refractivity contribution in [1.82, 2.24) is 5.16 Å². The van der Waals surface area contributed by atoms with Gasteiger partial charge in [0, 0.05) is 18.8 Å². The summed E-state index contributed by atoms with van der Waals surface area (Å²) in [5, 5.41) is 6.65. The highest BCUT2D eigenvalue weighted by molar-refractivity contribution is 5.75. The molecule has 0 bridgehead atoms. The van der Waals surface area contributed by atoms with Crippen LogP contribution in [0.1, 0.15) is 0 Å². The molecular formula is C11H11N3O2. The molecule has 2 aromatic rings. The number of rotatable bonds is 4. The highest BCUT2D eigenvalue weighted by Crippen LogP contribution is 2.20. The van der Waals surface area contributed by atoms with Gasteiger partial charge in [-0.3, -0.25) is 4.99 Å². The first-order valence-electron chi connectivity index (χ1n) is 4.74. The average molecular weight is 217 g/mol. The largest absolute Gasteiger partial charge is 0.436 e. The van der Waals surface area contributed by atoms with Crippen molar-refractivity contribution in [3.05, 3.63) is 36.6 Å². The molecule has 2 rings (SSSR count). The molecule has 0 aliphatic rings. The predicted octanol–water partition coefficient (Wildman–Crippen LogP) is 2.54. The average Bonchev–Trinajstić information content (AvgIpc) is 2.81. The molecule has 1 aromatic heterocycles. The quantitative estimate of drug-likeness (QED) is 0.631. The second kappa shape index (κ2) is 4.97. The molecule has 5 nitrogen and oxygen atoms in total. The summed E-state index contributed by atoms with van der Waals surface area (Å²) in [6, 6.07) is 9.09. The highest BCUT2D eigenvalue weighted by atomic mass is 16.5. The number of hydrogen-bond donors (Lipinski definition) is 1. The van der Waals surface area contributed by atoms with Crippen molar-refractivity contribution in [3.63, 3.8) is 0 Å². The molecule has 1 N–H and O–H groups in total. The zero-order chi connectivity index (χ0) is 11.2. The van der Waals surface area contributed by atoms with Crippen molar-refractivity contribution in [2.45, 2.75) is 0 Å². The van der Waals surface area contributed by atoms with E-state index in [2.05, 4.69) is 20.0 Å². The standard InChI is InChI=1S/C11H11N3O2/c1-12-8-13-9-2-4-10(5-3-9)16-11-6-7-15-14-11/h2-8H,1H3,(H,12,13). The summed E-state index contributed by atoms with van der Waals surface area (Å²) in [6.45, 7) is 0. The summed E-state index contributed by atoms with van der Waals surface area (Å²) < 4.78 is 10.1. The zero-order valence-corrected chi connectivity index (χ0v) is 8.75. The molecule has 0 unspecified atom stereocenters. The van der Waals surface area contributed by atoms with Crippen molar-refractivity contribution in [3.8, 4) is 11.6 Å². The van der Waals surface area contributed by atoms with E-state index in [9.17, 15) is 0 Å². The lowest BCUT2D eigenvalue weighted by molar-refractivity contribution is 0.367. The van der Waals surface area contributed by atoms with E-state index >= 15 is 0 Å². The van der Waals surface area contributed by atoms with Crippen molar-refractivity contribution in [1.29, 1.82) is 0 Å². The minimum Gasteiger partial charge on any atom is -0.436 e. The molecule has 0 aliphatic heterocycles. The molecule has 0 aliphatic carbocycles. The Morgan fingerprint density at radius 2 is 2.12 bits per heavy atom. The maximum atomic E-state index is 5.41. The van der Waals surface area contributed by atoms with E-state index in [4.69, 9.17) is 4.74 Å². The molecular weight excluding hydrogens is 206 g/mol. The van der Waals surface area contributed by atoms with E-state index in [0.717, 1.165) is 5.69 Å². The molecule has 0 radical (unpaired) electrons. The number of anilines is 1. The first-order valence-corrected chi connectivity index (χ1v) is 4.74. The fraction of sp³-hybridized carbons (Fsp3) is 0.0909. The van der Waals surface area contributed by atoms with Crippen LogP contribution in [0.15, 0.2) is 46.1 Å². The Labute approximate surface area is 92.7 Å². The lowest BCUT2D eigenvalue weighted by Crippen LogP contribution is -1.93. The molecule has 0 atom stereocenters. The monoisotopic (exact) mass is 217 g/mol. The summed E-state index contributed by atoms with van der Waals surface area (Å²) in [7, 11) is 1.70. The first-order chi connectivity index (χ1) is 7.88. The Balaban J connectivity index is 2.02. The van der Waals surface area contributed by atoms with E-state index in [1.165, 1.54) is 6.26 Å². The molecule has 0 saturated heterocycles. The van der Waals surface area contributed by atoms with Gasteiger partial charge in [-0.1, -0.05) is 0 Å². The van der Waals surface area contributed by atoms with E-state index in [0.29, 0.717) is 11.6 Å². The summed E-state index contributed by atoms with van der Waals surface area (Å²) in [6.07, 6.45) is 3.08. The van der Waals surface area contributed by atoms with Crippen molar-refractivity contribution < 1.29 is 9.26 Å². The smallest absolute Gasteiger partial charge is 0.259 e. The van der Waals surface area contributed by atoms with Crippen LogP contribution >= 0.6 is 0 Å². The minimum absolute atomic E-state index is 0.441. The van der Waals surface area contributed by atoms with E-state index in [1.54, 1.807) is 19.5 Å². The van der Waals surface area contributed by atoms with Gasteiger partial charge in [-0.2, -0.15) is 0 Å². The molecule has 1 aromatic carbocycles. The lowest BCUT2D eigenvalue weighted by atomic mass is 10.3. The SMILES string of the molecule is CN=CNc1ccc(Oc2ccon2)cc1. The van der Waals surface area contributed by atoms with Crippen LogP contribution in [0.2, 0.25) is 0 Å². The predicted molar refractivity (Wildman–Crippen MR) is 61.1 cm³/mol. The van der Waals surface area contributed by atoms with Crippen LogP contribution in [0.25, 0.3) is 0 Å². The van der Waals surface area contributed by atoms with Gasteiger partial charge in [0.25, 0.3) is 5.88 Å². The van der Waals surface area contributed by atoms with Gasteiger partial charge in [0.05, 0.1) is 6.34 Å². The maximum Gasteiger partial charge on any atom is 0.259 e. The molecule has 5 heteroatoms. The topological polar surface area (TPSA) is 59.7 Å². The minimum atomic E-state index is 0.441. The maximum absolute atomic E-state index is 5.41. The third-order valence-corrected chi connectivity index (χ3v) is 1.85. The Kier molecular flexibility index (Phi) is 3.18. The first kappa shape index (κ1) is 10.2. The number of nitrogens with zero attached hydrogens (tertiary/aromatic N) is 2. The van der Waals surface area contributed by atoms with Gasteiger partial charge in [-0.25, -0.2) is 0 Å². The molecule has 1 heterocycles. The molecule has 0 fully saturated rings. The normalized spacial score (nSPS) is 10.6. The Hall–Kier alpha value is -2.30. The van der Waals surface area contributed by atoms with Crippen LogP contribution in [0, 0.1) is 0 Å². The summed E-state index contributed by atoms with van der Waals surface area (Å²) in [5.74, 6) is 1.14. The second-order valence-corrected chi connectivity index (χ2v) is 3.00. The summed E-state index contributed by atoms with van der Waals surface area (Å²) >= 11 is 0. The van der Waals surface area contributed by atoms with Crippen LogP contribution in [0.3, 0.4) is 0 Å². The Morgan fingerprint density at radius 1 is 1.31 bits per heavy atom. The van der Waals surface area contributed by atoms with Gasteiger partial charge in [-0.05, 0) is 29.4 Å². The van der Waals surface area contributed by atoms with Gasteiger partial charge in [0.2, 0.25) is 0 Å². The summed E-state index contributed by atoms with van der Waals surface area (Å²) in [5.41, 5.74) is 0.943. The molecule has 0 amide bonds. The number of benzene rings is 1. The van der Waals surface area contributed by atoms with E-state index < -0.39 is 0 Å². The van der Waals surface area contributed by atoms with Gasteiger partial charge < -0.3 is 14.6 Å². The van der Waals surface area contributed by atoms with Crippen LogP contribution in [-0.4, -0.2) is 18.5 Å². The fourth-order valence-corrected chi connectivity index (χ4v) is 1.13.